The van der Waals surface area contributed by atoms with Crippen molar-refractivity contribution in [1.29, 1.82) is 0 Å². The van der Waals surface area contributed by atoms with Crippen molar-refractivity contribution in [2.75, 3.05) is 19.0 Å². The summed E-state index contributed by atoms with van der Waals surface area (Å²) in [4.78, 5) is 2.16. The van der Waals surface area contributed by atoms with Gasteiger partial charge in [-0.1, -0.05) is 50.3 Å². The maximum Gasteiger partial charge on any atom is 0.0440 e. The molecule has 1 heteroatoms. The van der Waals surface area contributed by atoms with E-state index in [1.54, 1.807) is 0 Å². The van der Waals surface area contributed by atoms with Crippen LogP contribution in [-0.4, -0.2) is 14.1 Å². The van der Waals surface area contributed by atoms with Crippen molar-refractivity contribution in [3.8, 4) is 0 Å². The highest BCUT2D eigenvalue weighted by Crippen LogP contribution is 2.26. The van der Waals surface area contributed by atoms with Crippen molar-refractivity contribution in [1.82, 2.24) is 0 Å². The lowest BCUT2D eigenvalue weighted by molar-refractivity contribution is 1.13. The molecule has 0 heterocycles. The summed E-state index contributed by atoms with van der Waals surface area (Å²) in [6.45, 7) is 4.00. The van der Waals surface area contributed by atoms with Gasteiger partial charge in [0.15, 0.2) is 0 Å². The molecule has 2 rings (SSSR count). The van der Waals surface area contributed by atoms with Crippen LogP contribution in [0.3, 0.4) is 0 Å². The minimum Gasteiger partial charge on any atom is -0.377 e. The Morgan fingerprint density at radius 2 is 1.69 bits per heavy atom. The molecule has 1 nitrogen and oxygen atoms in total. The average molecular weight is 215 g/mol. The van der Waals surface area contributed by atoms with Crippen LogP contribution < -0.4 is 4.90 Å². The fraction of sp³-hybridized carbons (Fsp3) is 0.333. The first-order valence-electron chi connectivity index (χ1n) is 5.92. The van der Waals surface area contributed by atoms with E-state index in [2.05, 4.69) is 61.5 Å². The Balaban J connectivity index is 0.000000606. The van der Waals surface area contributed by atoms with Gasteiger partial charge in [0.05, 0.1) is 0 Å². The minimum absolute atomic E-state index is 1.03. The van der Waals surface area contributed by atoms with Crippen LogP contribution in [0.25, 0.3) is 12.2 Å². The topological polar surface area (TPSA) is 3.24 Å². The zero-order valence-corrected chi connectivity index (χ0v) is 10.7. The van der Waals surface area contributed by atoms with E-state index < -0.39 is 0 Å². The quantitative estimate of drug-likeness (QED) is 0.678. The van der Waals surface area contributed by atoms with Crippen LogP contribution in [0.4, 0.5) is 5.69 Å². The van der Waals surface area contributed by atoms with Gasteiger partial charge in [0.2, 0.25) is 0 Å². The molecule has 0 bridgehead atoms. The van der Waals surface area contributed by atoms with Crippen molar-refractivity contribution < 1.29 is 0 Å². The number of anilines is 1. The number of fused-ring (bicyclic) bond motifs is 1. The summed E-state index contributed by atoms with van der Waals surface area (Å²) < 4.78 is 0. The first-order valence-corrected chi connectivity index (χ1v) is 5.92. The third-order valence-electron chi connectivity index (χ3n) is 2.45. The lowest BCUT2D eigenvalue weighted by Crippen LogP contribution is -2.10. The summed E-state index contributed by atoms with van der Waals surface area (Å²) in [5.41, 5.74) is 3.92. The van der Waals surface area contributed by atoms with Crippen molar-refractivity contribution >= 4 is 17.8 Å². The Hall–Kier alpha value is -1.50. The van der Waals surface area contributed by atoms with E-state index in [4.69, 9.17) is 0 Å². The smallest absolute Gasteiger partial charge is 0.0440 e. The van der Waals surface area contributed by atoms with E-state index in [0.29, 0.717) is 0 Å². The summed E-state index contributed by atoms with van der Waals surface area (Å²) in [5.74, 6) is 0. The monoisotopic (exact) mass is 215 g/mol. The summed E-state index contributed by atoms with van der Waals surface area (Å²) in [6.07, 6.45) is 9.84. The van der Waals surface area contributed by atoms with E-state index >= 15 is 0 Å². The van der Waals surface area contributed by atoms with E-state index in [-0.39, 0.29) is 0 Å². The predicted molar refractivity (Wildman–Crippen MR) is 74.8 cm³/mol. The van der Waals surface area contributed by atoms with E-state index in [1.807, 2.05) is 13.8 Å². The first kappa shape index (κ1) is 12.6. The summed E-state index contributed by atoms with van der Waals surface area (Å²) in [7, 11) is 4.16. The Morgan fingerprint density at radius 3 is 2.38 bits per heavy atom. The van der Waals surface area contributed by atoms with Gasteiger partial charge in [-0.25, -0.2) is 0 Å². The molecular formula is C15H21N. The third-order valence-corrected chi connectivity index (χ3v) is 2.45. The summed E-state index contributed by atoms with van der Waals surface area (Å²) in [6, 6.07) is 6.43. The number of benzene rings is 1. The van der Waals surface area contributed by atoms with Crippen LogP contribution in [0.1, 0.15) is 31.4 Å². The van der Waals surface area contributed by atoms with Crippen molar-refractivity contribution in [2.45, 2.75) is 20.3 Å². The zero-order chi connectivity index (χ0) is 12.0. The van der Waals surface area contributed by atoms with Gasteiger partial charge in [-0.05, 0) is 18.1 Å². The van der Waals surface area contributed by atoms with Crippen molar-refractivity contribution in [3.05, 3.63) is 41.5 Å². The van der Waals surface area contributed by atoms with Gasteiger partial charge in [0.25, 0.3) is 0 Å². The lowest BCUT2D eigenvalue weighted by Gasteiger charge is -2.17. The van der Waals surface area contributed by atoms with Crippen LogP contribution >= 0.6 is 0 Å². The number of hydrogen-bond donors (Lipinski definition) is 0. The molecule has 0 unspecified atom stereocenters. The maximum absolute atomic E-state index is 2.21. The Morgan fingerprint density at radius 1 is 1.00 bits per heavy atom. The van der Waals surface area contributed by atoms with Crippen molar-refractivity contribution in [3.63, 3.8) is 0 Å². The zero-order valence-electron chi connectivity index (χ0n) is 10.7. The summed E-state index contributed by atoms with van der Waals surface area (Å²) >= 11 is 0. The second-order valence-electron chi connectivity index (χ2n) is 3.71. The standard InChI is InChI=1S/C13H15N.C2H6/c1-14(2)13-10-6-8-11-7-4-3-5-9-12(11)13;1-2/h4-10H,3H2,1-2H3;1-2H3. The van der Waals surface area contributed by atoms with E-state index in [0.717, 1.165) is 6.42 Å². The van der Waals surface area contributed by atoms with Gasteiger partial charge in [-0.2, -0.15) is 0 Å². The molecule has 0 aromatic heterocycles. The van der Waals surface area contributed by atoms with Crippen LogP contribution in [0.15, 0.2) is 30.4 Å². The minimum atomic E-state index is 1.03. The molecule has 0 N–H and O–H groups in total. The Labute approximate surface area is 99.1 Å². The van der Waals surface area contributed by atoms with Gasteiger partial charge < -0.3 is 4.90 Å². The largest absolute Gasteiger partial charge is 0.377 e. The number of hydrogen-bond acceptors (Lipinski definition) is 1. The number of rotatable bonds is 1. The molecule has 1 aliphatic carbocycles. The SMILES string of the molecule is CC.CN(C)c1cccc2c1C=CCC=C2. The second-order valence-corrected chi connectivity index (χ2v) is 3.71. The Kier molecular flexibility index (Phi) is 4.84. The molecule has 0 spiro atoms. The van der Waals surface area contributed by atoms with Crippen LogP contribution in [-0.2, 0) is 0 Å². The van der Waals surface area contributed by atoms with Gasteiger partial charge >= 0.3 is 0 Å². The molecule has 16 heavy (non-hydrogen) atoms. The molecule has 0 amide bonds. The van der Waals surface area contributed by atoms with Gasteiger partial charge in [-0.3, -0.25) is 0 Å². The molecule has 0 fully saturated rings. The molecular weight excluding hydrogens is 194 g/mol. The molecule has 1 aromatic rings. The van der Waals surface area contributed by atoms with Crippen molar-refractivity contribution in [2.24, 2.45) is 0 Å². The fourth-order valence-corrected chi connectivity index (χ4v) is 1.75. The van der Waals surface area contributed by atoms with Crippen LogP contribution in [0, 0.1) is 0 Å². The van der Waals surface area contributed by atoms with Gasteiger partial charge in [-0.15, -0.1) is 0 Å². The predicted octanol–water partition coefficient (Wildman–Crippen LogP) is 4.21. The molecule has 1 aromatic carbocycles. The highest BCUT2D eigenvalue weighted by atomic mass is 15.1. The average Bonchev–Trinajstić information content (AvgIpc) is 2.55. The van der Waals surface area contributed by atoms with Crippen LogP contribution in [0.5, 0.6) is 0 Å². The van der Waals surface area contributed by atoms with E-state index in [1.165, 1.54) is 16.8 Å². The lowest BCUT2D eigenvalue weighted by atomic mass is 10.0. The summed E-state index contributed by atoms with van der Waals surface area (Å²) in [5, 5.41) is 0. The Bertz CT molecular complexity index is 386. The molecule has 0 saturated carbocycles. The molecule has 0 atom stereocenters. The molecule has 0 aliphatic heterocycles. The van der Waals surface area contributed by atoms with Gasteiger partial charge in [0, 0.05) is 25.3 Å². The third kappa shape index (κ3) is 2.75. The maximum atomic E-state index is 2.21. The molecule has 86 valence electrons. The molecule has 0 radical (unpaired) electrons. The van der Waals surface area contributed by atoms with Crippen LogP contribution in [0.2, 0.25) is 0 Å². The van der Waals surface area contributed by atoms with Gasteiger partial charge in [0.1, 0.15) is 0 Å². The highest BCUT2D eigenvalue weighted by molar-refractivity contribution is 5.77. The first-order chi connectivity index (χ1) is 7.79. The van der Waals surface area contributed by atoms with E-state index in [9.17, 15) is 0 Å². The normalized spacial score (nSPS) is 12.2. The fourth-order valence-electron chi connectivity index (χ4n) is 1.75. The molecule has 0 saturated heterocycles. The molecule has 1 aliphatic rings. The number of nitrogens with zero attached hydrogens (tertiary/aromatic N) is 1. The second kappa shape index (κ2) is 6.16. The highest BCUT2D eigenvalue weighted by Gasteiger charge is 2.05. The number of allylic oxidation sites excluding steroid dienone is 2.